The van der Waals surface area contributed by atoms with E-state index in [-0.39, 0.29) is 11.2 Å². The van der Waals surface area contributed by atoms with Crippen LogP contribution in [0.15, 0.2) is 47.4 Å². The molecule has 2 aromatic carbocycles. The molecule has 0 heterocycles. The fraction of sp³-hybridized carbons (Fsp3) is 0.316. The first-order valence-electron chi connectivity index (χ1n) is 7.99. The highest BCUT2D eigenvalue weighted by molar-refractivity contribution is 8.00. The van der Waals surface area contributed by atoms with E-state index in [2.05, 4.69) is 5.32 Å². The van der Waals surface area contributed by atoms with Gasteiger partial charge in [0.15, 0.2) is 11.5 Å². The van der Waals surface area contributed by atoms with Gasteiger partial charge in [-0.2, -0.15) is 0 Å². The molecule has 0 saturated carbocycles. The number of thioether (sulfide) groups is 1. The molecule has 0 saturated heterocycles. The molecule has 0 radical (unpaired) electrons. The van der Waals surface area contributed by atoms with Crippen molar-refractivity contribution in [1.82, 2.24) is 0 Å². The van der Waals surface area contributed by atoms with Crippen LogP contribution in [0.25, 0.3) is 0 Å². The van der Waals surface area contributed by atoms with Gasteiger partial charge in [0.1, 0.15) is 5.75 Å². The number of benzene rings is 2. The second-order valence-corrected chi connectivity index (χ2v) is 6.64. The summed E-state index contributed by atoms with van der Waals surface area (Å²) < 4.78 is 16.0. The number of amides is 1. The SMILES string of the molecule is CCOc1cccc(NC(=O)[C@H](C)Sc2ccc(OC)c(OC)c2)c1. The third-order valence-electron chi connectivity index (χ3n) is 3.45. The van der Waals surface area contributed by atoms with E-state index in [0.717, 1.165) is 16.3 Å². The van der Waals surface area contributed by atoms with Crippen LogP contribution >= 0.6 is 11.8 Å². The predicted molar refractivity (Wildman–Crippen MR) is 101 cm³/mol. The third-order valence-corrected chi connectivity index (χ3v) is 4.54. The molecule has 0 unspecified atom stereocenters. The number of anilines is 1. The van der Waals surface area contributed by atoms with E-state index >= 15 is 0 Å². The summed E-state index contributed by atoms with van der Waals surface area (Å²) in [5.74, 6) is 1.97. The van der Waals surface area contributed by atoms with Gasteiger partial charge < -0.3 is 19.5 Å². The molecule has 134 valence electrons. The minimum atomic E-state index is -0.270. The maximum Gasteiger partial charge on any atom is 0.237 e. The smallest absolute Gasteiger partial charge is 0.237 e. The normalized spacial score (nSPS) is 11.5. The Hall–Kier alpha value is -2.34. The van der Waals surface area contributed by atoms with Gasteiger partial charge in [-0.05, 0) is 44.2 Å². The minimum Gasteiger partial charge on any atom is -0.494 e. The number of nitrogens with one attached hydrogen (secondary N) is 1. The molecule has 2 rings (SSSR count). The van der Waals surface area contributed by atoms with Gasteiger partial charge in [-0.3, -0.25) is 4.79 Å². The second-order valence-electron chi connectivity index (χ2n) is 5.23. The van der Waals surface area contributed by atoms with Crippen molar-refractivity contribution in [1.29, 1.82) is 0 Å². The maximum atomic E-state index is 12.4. The molecule has 0 aromatic heterocycles. The van der Waals surface area contributed by atoms with E-state index in [1.807, 2.05) is 56.3 Å². The first-order valence-corrected chi connectivity index (χ1v) is 8.87. The Kier molecular flexibility index (Phi) is 7.01. The number of hydrogen-bond acceptors (Lipinski definition) is 5. The Labute approximate surface area is 152 Å². The van der Waals surface area contributed by atoms with Crippen molar-refractivity contribution in [3.8, 4) is 17.2 Å². The molecule has 0 bridgehead atoms. The van der Waals surface area contributed by atoms with E-state index < -0.39 is 0 Å². The highest BCUT2D eigenvalue weighted by Crippen LogP contribution is 2.33. The topological polar surface area (TPSA) is 56.8 Å². The minimum absolute atomic E-state index is 0.0755. The Morgan fingerprint density at radius 1 is 1.12 bits per heavy atom. The van der Waals surface area contributed by atoms with Crippen LogP contribution < -0.4 is 19.5 Å². The fourth-order valence-corrected chi connectivity index (χ4v) is 3.12. The maximum absolute atomic E-state index is 12.4. The number of carbonyl (C=O) groups excluding carboxylic acids is 1. The van der Waals surface area contributed by atoms with Crippen LogP contribution in [0, 0.1) is 0 Å². The van der Waals surface area contributed by atoms with Gasteiger partial charge in [0.25, 0.3) is 0 Å². The summed E-state index contributed by atoms with van der Waals surface area (Å²) in [6.07, 6.45) is 0. The lowest BCUT2D eigenvalue weighted by Crippen LogP contribution is -2.22. The number of carbonyl (C=O) groups is 1. The van der Waals surface area contributed by atoms with Gasteiger partial charge >= 0.3 is 0 Å². The van der Waals surface area contributed by atoms with E-state index in [1.54, 1.807) is 14.2 Å². The first kappa shape index (κ1) is 19.0. The Morgan fingerprint density at radius 2 is 1.88 bits per heavy atom. The van der Waals surface area contributed by atoms with Crippen molar-refractivity contribution < 1.29 is 19.0 Å². The number of rotatable bonds is 8. The van der Waals surface area contributed by atoms with E-state index in [1.165, 1.54) is 11.8 Å². The molecule has 0 aliphatic rings. The van der Waals surface area contributed by atoms with Gasteiger partial charge in [0, 0.05) is 16.6 Å². The summed E-state index contributed by atoms with van der Waals surface area (Å²) in [6, 6.07) is 13.0. The van der Waals surface area contributed by atoms with E-state index in [0.29, 0.717) is 18.1 Å². The lowest BCUT2D eigenvalue weighted by molar-refractivity contribution is -0.115. The van der Waals surface area contributed by atoms with Crippen molar-refractivity contribution in [2.24, 2.45) is 0 Å². The number of methoxy groups -OCH3 is 2. The van der Waals surface area contributed by atoms with Gasteiger partial charge in [-0.15, -0.1) is 11.8 Å². The first-order chi connectivity index (χ1) is 12.1. The third kappa shape index (κ3) is 5.32. The quantitative estimate of drug-likeness (QED) is 0.714. The molecule has 25 heavy (non-hydrogen) atoms. The molecule has 2 aromatic rings. The van der Waals surface area contributed by atoms with Gasteiger partial charge in [0.05, 0.1) is 26.1 Å². The highest BCUT2D eigenvalue weighted by Gasteiger charge is 2.16. The summed E-state index contributed by atoms with van der Waals surface area (Å²) in [4.78, 5) is 13.4. The van der Waals surface area contributed by atoms with E-state index in [9.17, 15) is 4.79 Å². The van der Waals surface area contributed by atoms with Crippen molar-refractivity contribution in [2.75, 3.05) is 26.1 Å². The predicted octanol–water partition coefficient (Wildman–Crippen LogP) is 4.22. The van der Waals surface area contributed by atoms with Crippen LogP contribution in [-0.2, 0) is 4.79 Å². The van der Waals surface area contributed by atoms with Gasteiger partial charge in [-0.1, -0.05) is 6.07 Å². The summed E-state index contributed by atoms with van der Waals surface area (Å²) in [6.45, 7) is 4.37. The van der Waals surface area contributed by atoms with Crippen LogP contribution in [0.2, 0.25) is 0 Å². The Balaban J connectivity index is 2.01. The molecule has 5 nitrogen and oxygen atoms in total. The Bertz CT molecular complexity index is 720. The molecule has 1 atom stereocenters. The van der Waals surface area contributed by atoms with Crippen molar-refractivity contribution >= 4 is 23.4 Å². The molecule has 0 aliphatic heterocycles. The summed E-state index contributed by atoms with van der Waals surface area (Å²) in [5, 5.41) is 2.65. The van der Waals surface area contributed by atoms with Crippen LogP contribution in [0.4, 0.5) is 5.69 Å². The van der Waals surface area contributed by atoms with Crippen LogP contribution in [0.3, 0.4) is 0 Å². The summed E-state index contributed by atoms with van der Waals surface area (Å²) in [7, 11) is 3.19. The highest BCUT2D eigenvalue weighted by atomic mass is 32.2. The zero-order valence-corrected chi connectivity index (χ0v) is 15.7. The van der Waals surface area contributed by atoms with Crippen molar-refractivity contribution in [3.63, 3.8) is 0 Å². The number of ether oxygens (including phenoxy) is 3. The van der Waals surface area contributed by atoms with Crippen LogP contribution in [0.5, 0.6) is 17.2 Å². The largest absolute Gasteiger partial charge is 0.494 e. The molecule has 1 amide bonds. The molecule has 0 aliphatic carbocycles. The van der Waals surface area contributed by atoms with Crippen LogP contribution in [0.1, 0.15) is 13.8 Å². The zero-order chi connectivity index (χ0) is 18.2. The molecule has 6 heteroatoms. The Morgan fingerprint density at radius 3 is 2.56 bits per heavy atom. The molecular weight excluding hydrogens is 338 g/mol. The fourth-order valence-electron chi connectivity index (χ4n) is 2.22. The molecule has 0 fully saturated rings. The van der Waals surface area contributed by atoms with E-state index in [4.69, 9.17) is 14.2 Å². The lowest BCUT2D eigenvalue weighted by Gasteiger charge is -2.14. The van der Waals surface area contributed by atoms with Crippen LogP contribution in [-0.4, -0.2) is 32.0 Å². The average molecular weight is 361 g/mol. The number of hydrogen-bond donors (Lipinski definition) is 1. The second kappa shape index (κ2) is 9.22. The van der Waals surface area contributed by atoms with Gasteiger partial charge in [0.2, 0.25) is 5.91 Å². The zero-order valence-electron chi connectivity index (χ0n) is 14.9. The van der Waals surface area contributed by atoms with Crippen molar-refractivity contribution in [2.45, 2.75) is 24.0 Å². The lowest BCUT2D eigenvalue weighted by atomic mass is 10.3. The van der Waals surface area contributed by atoms with Crippen molar-refractivity contribution in [3.05, 3.63) is 42.5 Å². The molecule has 1 N–H and O–H groups in total. The summed E-state index contributed by atoms with van der Waals surface area (Å²) >= 11 is 1.46. The van der Waals surface area contributed by atoms with Gasteiger partial charge in [-0.25, -0.2) is 0 Å². The standard InChI is InChI=1S/C19H23NO4S/c1-5-24-15-8-6-7-14(11-15)20-19(21)13(2)25-16-9-10-17(22-3)18(12-16)23-4/h6-13H,5H2,1-4H3,(H,20,21)/t13-/m0/s1. The molecular formula is C19H23NO4S. The summed E-state index contributed by atoms with van der Waals surface area (Å²) in [5.41, 5.74) is 0.718. The average Bonchev–Trinajstić information content (AvgIpc) is 2.62. The molecule has 0 spiro atoms. The monoisotopic (exact) mass is 361 g/mol.